The molecule has 2 amide bonds. The van der Waals surface area contributed by atoms with E-state index in [0.717, 1.165) is 25.7 Å². The van der Waals surface area contributed by atoms with E-state index in [1.165, 1.54) is 49.7 Å². The van der Waals surface area contributed by atoms with Crippen LogP contribution >= 0.6 is 0 Å². The van der Waals surface area contributed by atoms with Gasteiger partial charge in [0.1, 0.15) is 0 Å². The van der Waals surface area contributed by atoms with Gasteiger partial charge in [-0.1, -0.05) is 126 Å². The van der Waals surface area contributed by atoms with Gasteiger partial charge >= 0.3 is 6.03 Å². The van der Waals surface area contributed by atoms with Crippen LogP contribution in [0.3, 0.4) is 0 Å². The molecule has 30 heavy (non-hydrogen) atoms. The molecule has 2 aromatic rings. The standard InChI is InChI=1S/C27H40N2O/c1-3-5-7-15-21-25(23-17-11-9-12-18-23)29(27(28)30)26(22-16-8-6-4-2)24-19-13-10-14-20-24/h9-14,17-20,25-26H,3-8,15-16,21-22H2,1-2H3,(H2,28,30). The first-order valence-electron chi connectivity index (χ1n) is 11.9. The fraction of sp³-hybridized carbons (Fsp3) is 0.519. The van der Waals surface area contributed by atoms with Crippen molar-refractivity contribution in [2.24, 2.45) is 5.73 Å². The fourth-order valence-electron chi connectivity index (χ4n) is 4.34. The molecule has 2 N–H and O–H groups in total. The number of hydrogen-bond donors (Lipinski definition) is 1. The minimum atomic E-state index is -0.316. The highest BCUT2D eigenvalue weighted by molar-refractivity contribution is 5.73. The van der Waals surface area contributed by atoms with Gasteiger partial charge in [0.15, 0.2) is 0 Å². The molecule has 3 heteroatoms. The summed E-state index contributed by atoms with van der Waals surface area (Å²) < 4.78 is 0. The molecular weight excluding hydrogens is 368 g/mol. The maximum absolute atomic E-state index is 12.9. The molecular formula is C27H40N2O. The molecule has 164 valence electrons. The van der Waals surface area contributed by atoms with Crippen molar-refractivity contribution in [2.45, 2.75) is 90.1 Å². The van der Waals surface area contributed by atoms with Gasteiger partial charge in [-0.25, -0.2) is 4.79 Å². The van der Waals surface area contributed by atoms with E-state index in [1.54, 1.807) is 0 Å². The molecule has 0 aliphatic heterocycles. The van der Waals surface area contributed by atoms with E-state index < -0.39 is 0 Å². The Bertz CT molecular complexity index is 646. The summed E-state index contributed by atoms with van der Waals surface area (Å²) in [5, 5.41) is 0. The third kappa shape index (κ3) is 7.51. The minimum Gasteiger partial charge on any atom is -0.351 e. The van der Waals surface area contributed by atoms with Crippen LogP contribution in [0.25, 0.3) is 0 Å². The van der Waals surface area contributed by atoms with Gasteiger partial charge in [0, 0.05) is 0 Å². The van der Waals surface area contributed by atoms with Crippen LogP contribution in [0.1, 0.15) is 101 Å². The minimum absolute atomic E-state index is 0.0111. The first-order valence-corrected chi connectivity index (χ1v) is 11.9. The highest BCUT2D eigenvalue weighted by atomic mass is 16.2. The zero-order chi connectivity index (χ0) is 21.6. The lowest BCUT2D eigenvalue weighted by Crippen LogP contribution is -2.41. The molecule has 0 heterocycles. The van der Waals surface area contributed by atoms with Crippen LogP contribution in [-0.2, 0) is 0 Å². The van der Waals surface area contributed by atoms with Crippen molar-refractivity contribution in [2.75, 3.05) is 0 Å². The number of nitrogens with two attached hydrogens (primary N) is 1. The summed E-state index contributed by atoms with van der Waals surface area (Å²) in [6, 6.07) is 20.6. The lowest BCUT2D eigenvalue weighted by atomic mass is 9.92. The smallest absolute Gasteiger partial charge is 0.315 e. The van der Waals surface area contributed by atoms with Gasteiger partial charge in [-0.15, -0.1) is 0 Å². The second-order valence-electron chi connectivity index (χ2n) is 8.30. The quantitative estimate of drug-likeness (QED) is 0.319. The van der Waals surface area contributed by atoms with Gasteiger partial charge in [-0.2, -0.15) is 0 Å². The van der Waals surface area contributed by atoms with Crippen molar-refractivity contribution >= 4 is 6.03 Å². The summed E-state index contributed by atoms with van der Waals surface area (Å²) in [6.07, 6.45) is 11.4. The van der Waals surface area contributed by atoms with Crippen molar-refractivity contribution < 1.29 is 4.79 Å². The summed E-state index contributed by atoms with van der Waals surface area (Å²) >= 11 is 0. The summed E-state index contributed by atoms with van der Waals surface area (Å²) in [5.74, 6) is 0. The summed E-state index contributed by atoms with van der Waals surface area (Å²) in [5.41, 5.74) is 8.43. The largest absolute Gasteiger partial charge is 0.351 e. The Labute approximate surface area is 183 Å². The third-order valence-corrected chi connectivity index (χ3v) is 5.96. The van der Waals surface area contributed by atoms with E-state index in [9.17, 15) is 4.79 Å². The summed E-state index contributed by atoms with van der Waals surface area (Å²) in [4.78, 5) is 14.8. The SMILES string of the molecule is CCCCCCC(c1ccccc1)N(C(N)=O)C(CCCCCC)c1ccccc1. The highest BCUT2D eigenvalue weighted by Gasteiger charge is 2.31. The maximum atomic E-state index is 12.9. The van der Waals surface area contributed by atoms with Crippen molar-refractivity contribution in [1.82, 2.24) is 4.90 Å². The Kier molecular flexibility index (Phi) is 11.1. The lowest BCUT2D eigenvalue weighted by Gasteiger charge is -2.38. The number of hydrogen-bond acceptors (Lipinski definition) is 1. The monoisotopic (exact) mass is 408 g/mol. The average molecular weight is 409 g/mol. The number of primary amides is 1. The van der Waals surface area contributed by atoms with Crippen LogP contribution in [-0.4, -0.2) is 10.9 Å². The van der Waals surface area contributed by atoms with Gasteiger partial charge in [0.2, 0.25) is 0 Å². The first kappa shape index (κ1) is 24.0. The number of urea groups is 1. The highest BCUT2D eigenvalue weighted by Crippen LogP contribution is 2.37. The molecule has 0 saturated carbocycles. The summed E-state index contributed by atoms with van der Waals surface area (Å²) in [6.45, 7) is 4.46. The van der Waals surface area contributed by atoms with Crippen LogP contribution in [0.5, 0.6) is 0 Å². The molecule has 0 aliphatic carbocycles. The predicted molar refractivity (Wildman–Crippen MR) is 127 cm³/mol. The molecule has 0 aromatic heterocycles. The molecule has 0 fully saturated rings. The van der Waals surface area contributed by atoms with E-state index >= 15 is 0 Å². The van der Waals surface area contributed by atoms with E-state index in [0.29, 0.717) is 0 Å². The number of benzene rings is 2. The molecule has 0 bridgehead atoms. The number of unbranched alkanes of at least 4 members (excludes halogenated alkanes) is 6. The number of rotatable bonds is 14. The Morgan fingerprint density at radius 2 is 1.10 bits per heavy atom. The average Bonchev–Trinajstić information content (AvgIpc) is 2.78. The molecule has 3 nitrogen and oxygen atoms in total. The molecule has 0 aliphatic rings. The van der Waals surface area contributed by atoms with Crippen LogP contribution in [0.15, 0.2) is 60.7 Å². The van der Waals surface area contributed by atoms with Crippen LogP contribution < -0.4 is 5.73 Å². The lowest BCUT2D eigenvalue weighted by molar-refractivity contribution is 0.138. The topological polar surface area (TPSA) is 46.3 Å². The zero-order valence-electron chi connectivity index (χ0n) is 18.9. The molecule has 0 radical (unpaired) electrons. The second kappa shape index (κ2) is 13.8. The van der Waals surface area contributed by atoms with Gasteiger partial charge in [-0.05, 0) is 24.0 Å². The molecule has 0 saturated heterocycles. The molecule has 2 rings (SSSR count). The first-order chi connectivity index (χ1) is 14.7. The van der Waals surface area contributed by atoms with Crippen LogP contribution in [0.4, 0.5) is 4.79 Å². The Morgan fingerprint density at radius 1 is 0.700 bits per heavy atom. The molecule has 2 unspecified atom stereocenters. The molecule has 2 aromatic carbocycles. The zero-order valence-corrected chi connectivity index (χ0v) is 18.9. The van der Waals surface area contributed by atoms with E-state index in [1.807, 2.05) is 17.0 Å². The second-order valence-corrected chi connectivity index (χ2v) is 8.30. The normalized spacial score (nSPS) is 13.0. The Morgan fingerprint density at radius 3 is 1.43 bits per heavy atom. The molecule has 2 atom stereocenters. The summed E-state index contributed by atoms with van der Waals surface area (Å²) in [7, 11) is 0. The van der Waals surface area contributed by atoms with Gasteiger partial charge in [-0.3, -0.25) is 0 Å². The molecule has 0 spiro atoms. The third-order valence-electron chi connectivity index (χ3n) is 5.96. The van der Waals surface area contributed by atoms with Crippen molar-refractivity contribution in [3.05, 3.63) is 71.8 Å². The van der Waals surface area contributed by atoms with Crippen molar-refractivity contribution in [3.63, 3.8) is 0 Å². The fourth-order valence-corrected chi connectivity index (χ4v) is 4.34. The Balaban J connectivity index is 2.34. The van der Waals surface area contributed by atoms with Gasteiger partial charge in [0.25, 0.3) is 0 Å². The van der Waals surface area contributed by atoms with Gasteiger partial charge < -0.3 is 10.6 Å². The van der Waals surface area contributed by atoms with Crippen LogP contribution in [0, 0.1) is 0 Å². The van der Waals surface area contributed by atoms with E-state index in [-0.39, 0.29) is 18.1 Å². The Hall–Kier alpha value is -2.29. The number of amides is 2. The van der Waals surface area contributed by atoms with Gasteiger partial charge in [0.05, 0.1) is 12.1 Å². The maximum Gasteiger partial charge on any atom is 0.315 e. The predicted octanol–water partition coefficient (Wildman–Crippen LogP) is 7.79. The number of carbonyl (C=O) groups excluding carboxylic acids is 1. The van der Waals surface area contributed by atoms with Crippen LogP contribution in [0.2, 0.25) is 0 Å². The van der Waals surface area contributed by atoms with Crippen molar-refractivity contribution in [3.8, 4) is 0 Å². The van der Waals surface area contributed by atoms with E-state index in [2.05, 4.69) is 62.4 Å². The van der Waals surface area contributed by atoms with E-state index in [4.69, 9.17) is 5.73 Å². The number of nitrogens with zero attached hydrogens (tertiary/aromatic N) is 1. The van der Waals surface area contributed by atoms with Crippen molar-refractivity contribution in [1.29, 1.82) is 0 Å². The number of carbonyl (C=O) groups is 1.